The van der Waals surface area contributed by atoms with Crippen LogP contribution in [0.5, 0.6) is 0 Å². The minimum absolute atomic E-state index is 0.0523. The molecule has 0 spiro atoms. The number of hydrazine groups is 1. The number of rotatable bonds is 3. The smallest absolute Gasteiger partial charge is 0.356 e. The van der Waals surface area contributed by atoms with Crippen LogP contribution in [0, 0.1) is 0 Å². The van der Waals surface area contributed by atoms with E-state index in [-0.39, 0.29) is 24.5 Å². The molecule has 1 aromatic rings. The second-order valence-electron chi connectivity index (χ2n) is 6.06. The summed E-state index contributed by atoms with van der Waals surface area (Å²) >= 11 is 0. The van der Waals surface area contributed by atoms with E-state index in [2.05, 4.69) is 20.7 Å². The molecule has 4 N–H and O–H groups in total. The Morgan fingerprint density at radius 3 is 2.10 bits per heavy atom. The van der Waals surface area contributed by atoms with E-state index in [9.17, 15) is 13.2 Å². The maximum Gasteiger partial charge on any atom is 0.411 e. The Morgan fingerprint density at radius 2 is 1.70 bits per heavy atom. The number of nitrogens with two attached hydrogens (primary N) is 1. The Hall–Kier alpha value is -1.57. The molecule has 112 valence electrons. The van der Waals surface area contributed by atoms with Crippen molar-refractivity contribution in [2.24, 2.45) is 5.84 Å². The van der Waals surface area contributed by atoms with Crippen molar-refractivity contribution in [1.82, 2.24) is 9.97 Å². The molecule has 0 bridgehead atoms. The predicted octanol–water partition coefficient (Wildman–Crippen LogP) is 2.57. The molecule has 1 aliphatic rings. The number of hydrogen-bond donors (Lipinski definition) is 3. The van der Waals surface area contributed by atoms with Gasteiger partial charge in [0.25, 0.3) is 0 Å². The third-order valence-corrected chi connectivity index (χ3v) is 3.20. The average molecular weight is 289 g/mol. The van der Waals surface area contributed by atoms with E-state index in [1.165, 1.54) is 6.07 Å². The van der Waals surface area contributed by atoms with Crippen LogP contribution in [0.1, 0.15) is 39.4 Å². The Bertz CT molecular complexity index is 503. The molecule has 1 saturated carbocycles. The van der Waals surface area contributed by atoms with Gasteiger partial charge in [-0.25, -0.2) is 15.8 Å². The molecule has 0 aliphatic heterocycles. The summed E-state index contributed by atoms with van der Waals surface area (Å²) < 4.78 is 38.9. The van der Waals surface area contributed by atoms with Gasteiger partial charge in [0.2, 0.25) is 0 Å². The second kappa shape index (κ2) is 4.47. The van der Waals surface area contributed by atoms with Gasteiger partial charge < -0.3 is 10.7 Å². The highest BCUT2D eigenvalue weighted by molar-refractivity contribution is 5.50. The third-order valence-electron chi connectivity index (χ3n) is 3.20. The minimum Gasteiger partial charge on any atom is -0.356 e. The summed E-state index contributed by atoms with van der Waals surface area (Å²) in [4.78, 5) is 8.34. The van der Waals surface area contributed by atoms with Crippen LogP contribution in [0.15, 0.2) is 6.07 Å². The van der Waals surface area contributed by atoms with Crippen LogP contribution in [-0.2, 0) is 5.41 Å². The van der Waals surface area contributed by atoms with E-state index in [1.807, 2.05) is 20.8 Å². The van der Waals surface area contributed by atoms with Crippen LogP contribution >= 0.6 is 0 Å². The highest BCUT2D eigenvalue weighted by Crippen LogP contribution is 2.51. The Morgan fingerprint density at radius 1 is 1.15 bits per heavy atom. The molecule has 1 aliphatic carbocycles. The average Bonchev–Trinajstić information content (AvgIpc) is 3.07. The summed E-state index contributed by atoms with van der Waals surface area (Å²) in [5.74, 6) is 6.15. The summed E-state index contributed by atoms with van der Waals surface area (Å²) in [6.07, 6.45) is -4.19. The Balaban J connectivity index is 2.33. The third kappa shape index (κ3) is 2.79. The molecule has 0 aromatic carbocycles. The fourth-order valence-electron chi connectivity index (χ4n) is 1.77. The van der Waals surface area contributed by atoms with Gasteiger partial charge in [0.1, 0.15) is 23.0 Å². The zero-order chi connectivity index (χ0) is 15.2. The van der Waals surface area contributed by atoms with E-state index < -0.39 is 17.1 Å². The van der Waals surface area contributed by atoms with Crippen molar-refractivity contribution in [2.75, 3.05) is 10.7 Å². The monoisotopic (exact) mass is 289 g/mol. The van der Waals surface area contributed by atoms with Crippen molar-refractivity contribution in [2.45, 2.75) is 50.7 Å². The number of nitrogens with zero attached hydrogens (tertiary/aromatic N) is 2. The highest BCUT2D eigenvalue weighted by atomic mass is 19.4. The summed E-state index contributed by atoms with van der Waals surface area (Å²) in [5.41, 5.74) is 0.103. The van der Waals surface area contributed by atoms with Gasteiger partial charge in [-0.05, 0) is 12.8 Å². The van der Waals surface area contributed by atoms with Crippen molar-refractivity contribution in [3.8, 4) is 0 Å². The zero-order valence-corrected chi connectivity index (χ0v) is 11.6. The van der Waals surface area contributed by atoms with Crippen molar-refractivity contribution >= 4 is 11.6 Å². The molecule has 5 nitrogen and oxygen atoms in total. The van der Waals surface area contributed by atoms with Gasteiger partial charge in [0.15, 0.2) is 0 Å². The van der Waals surface area contributed by atoms with E-state index in [4.69, 9.17) is 5.84 Å². The molecule has 0 saturated heterocycles. The normalized spacial score (nSPS) is 17.8. The van der Waals surface area contributed by atoms with Crippen molar-refractivity contribution in [3.63, 3.8) is 0 Å². The lowest BCUT2D eigenvalue weighted by Gasteiger charge is -2.23. The zero-order valence-electron chi connectivity index (χ0n) is 11.6. The molecule has 20 heavy (non-hydrogen) atoms. The van der Waals surface area contributed by atoms with Crippen molar-refractivity contribution in [1.29, 1.82) is 0 Å². The fourth-order valence-corrected chi connectivity index (χ4v) is 1.77. The van der Waals surface area contributed by atoms with Crippen molar-refractivity contribution < 1.29 is 13.2 Å². The molecule has 0 atom stereocenters. The maximum absolute atomic E-state index is 13.0. The first-order valence-electron chi connectivity index (χ1n) is 6.28. The fraction of sp³-hybridized carbons (Fsp3) is 0.667. The number of aromatic nitrogens is 2. The molecule has 0 amide bonds. The number of nitrogen functional groups attached to an aromatic ring is 1. The summed E-state index contributed by atoms with van der Waals surface area (Å²) in [6.45, 7) is 5.63. The minimum atomic E-state index is -4.30. The van der Waals surface area contributed by atoms with E-state index in [1.54, 1.807) is 0 Å². The Kier molecular flexibility index (Phi) is 3.32. The van der Waals surface area contributed by atoms with Crippen LogP contribution < -0.4 is 16.6 Å². The lowest BCUT2D eigenvalue weighted by Crippen LogP contribution is -2.39. The summed E-state index contributed by atoms with van der Waals surface area (Å²) in [5, 5.41) is 2.48. The van der Waals surface area contributed by atoms with Crippen LogP contribution in [0.25, 0.3) is 0 Å². The van der Waals surface area contributed by atoms with Gasteiger partial charge in [0, 0.05) is 11.5 Å². The molecular weight excluding hydrogens is 271 g/mol. The molecule has 2 rings (SSSR count). The molecule has 1 heterocycles. The first-order chi connectivity index (χ1) is 9.07. The van der Waals surface area contributed by atoms with E-state index in [0.29, 0.717) is 5.82 Å². The number of anilines is 2. The molecule has 0 radical (unpaired) electrons. The van der Waals surface area contributed by atoms with Crippen LogP contribution in [-0.4, -0.2) is 21.7 Å². The van der Waals surface area contributed by atoms with Gasteiger partial charge in [-0.1, -0.05) is 20.8 Å². The Labute approximate surface area is 115 Å². The number of halogens is 3. The van der Waals surface area contributed by atoms with Gasteiger partial charge in [0.05, 0.1) is 0 Å². The van der Waals surface area contributed by atoms with Gasteiger partial charge >= 0.3 is 6.18 Å². The topological polar surface area (TPSA) is 75.9 Å². The summed E-state index contributed by atoms with van der Waals surface area (Å²) in [7, 11) is 0. The lowest BCUT2D eigenvalue weighted by molar-refractivity contribution is -0.151. The molecular formula is C12H18F3N5. The van der Waals surface area contributed by atoms with Gasteiger partial charge in [-0.2, -0.15) is 13.2 Å². The number of alkyl halides is 3. The number of nitrogens with one attached hydrogen (secondary N) is 2. The molecule has 8 heteroatoms. The van der Waals surface area contributed by atoms with Gasteiger partial charge in [-0.15, -0.1) is 0 Å². The van der Waals surface area contributed by atoms with Crippen molar-refractivity contribution in [3.05, 3.63) is 11.9 Å². The highest BCUT2D eigenvalue weighted by Gasteiger charge is 2.63. The van der Waals surface area contributed by atoms with E-state index >= 15 is 0 Å². The first kappa shape index (κ1) is 14.8. The van der Waals surface area contributed by atoms with Gasteiger partial charge in [-0.3, -0.25) is 0 Å². The molecule has 1 aromatic heterocycles. The SMILES string of the molecule is CC(C)(C)c1nc(NN)cc(NC2(C(F)(F)F)CC2)n1. The second-order valence-corrected chi connectivity index (χ2v) is 6.06. The van der Waals surface area contributed by atoms with Crippen LogP contribution in [0.2, 0.25) is 0 Å². The largest absolute Gasteiger partial charge is 0.411 e. The molecule has 0 unspecified atom stereocenters. The molecule has 1 fully saturated rings. The van der Waals surface area contributed by atoms with Crippen LogP contribution in [0.3, 0.4) is 0 Å². The predicted molar refractivity (Wildman–Crippen MR) is 70.2 cm³/mol. The quantitative estimate of drug-likeness (QED) is 0.589. The number of hydrogen-bond acceptors (Lipinski definition) is 5. The lowest BCUT2D eigenvalue weighted by atomic mass is 9.96. The standard InChI is InChI=1S/C12H18F3N5/c1-10(2,3)9-17-7(6-8(18-9)20-16)19-11(4-5-11)12(13,14)15/h6H,4-5,16H2,1-3H3,(H2,17,18,19,20). The van der Waals surface area contributed by atoms with E-state index in [0.717, 1.165) is 0 Å². The van der Waals surface area contributed by atoms with Crippen LogP contribution in [0.4, 0.5) is 24.8 Å². The maximum atomic E-state index is 13.0. The summed E-state index contributed by atoms with van der Waals surface area (Å²) in [6, 6.07) is 1.38. The first-order valence-corrected chi connectivity index (χ1v) is 6.28.